The van der Waals surface area contributed by atoms with E-state index in [1.807, 2.05) is 0 Å². The zero-order valence-electron chi connectivity index (χ0n) is 6.73. The number of nitro benzene ring substituents is 1. The van der Waals surface area contributed by atoms with Crippen molar-refractivity contribution in [3.8, 4) is 0 Å². The molecule has 0 aliphatic carbocycles. The number of benzene rings is 1. The van der Waals surface area contributed by atoms with Gasteiger partial charge in [0.15, 0.2) is 0 Å². The topological polar surface area (TPSA) is 63.4 Å². The Balaban J connectivity index is 0.00000121. The monoisotopic (exact) mass is 176 g/mol. The van der Waals surface area contributed by atoms with Crippen molar-refractivity contribution in [1.82, 2.24) is 0 Å². The summed E-state index contributed by atoms with van der Waals surface area (Å²) >= 11 is 0. The molecule has 1 radical (unpaired) electrons. The Bertz CT molecular complexity index is 277. The van der Waals surface area contributed by atoms with Gasteiger partial charge in [0.1, 0.15) is 0 Å². The minimum Gasteiger partial charge on any atom is -0.391 e. The van der Waals surface area contributed by atoms with Gasteiger partial charge in [0, 0.05) is 35.6 Å². The van der Waals surface area contributed by atoms with Gasteiger partial charge in [-0.2, -0.15) is 0 Å². The van der Waals surface area contributed by atoms with Crippen LogP contribution < -0.4 is 0 Å². The van der Waals surface area contributed by atoms with Gasteiger partial charge >= 0.3 is 0 Å². The molecule has 12 heavy (non-hydrogen) atoms. The van der Waals surface area contributed by atoms with Gasteiger partial charge in [-0.05, 0) is 6.07 Å². The summed E-state index contributed by atoms with van der Waals surface area (Å²) in [5, 5.41) is 18.9. The molecule has 0 saturated carbocycles. The maximum Gasteiger partial charge on any atom is 0.274 e. The summed E-state index contributed by atoms with van der Waals surface area (Å²) in [7, 11) is 0. The average Bonchev–Trinajstić information content (AvgIpc) is 2.04. The Kier molecular flexibility index (Phi) is 5.08. The van der Waals surface area contributed by atoms with E-state index in [1.165, 1.54) is 12.1 Å². The Morgan fingerprint density at radius 2 is 2.00 bits per heavy atom. The zero-order chi connectivity index (χ0) is 8.27. The molecule has 1 N–H and O–H groups in total. The first kappa shape index (κ1) is 11.6. The fraction of sp³-hybridized carbons (Fsp3) is 0.143. The maximum atomic E-state index is 10.3. The van der Waals surface area contributed by atoms with Gasteiger partial charge in [-0.3, -0.25) is 10.1 Å². The molecule has 1 aromatic carbocycles. The van der Waals surface area contributed by atoms with Crippen LogP contribution in [0.4, 0.5) is 5.69 Å². The molecule has 0 spiro atoms. The van der Waals surface area contributed by atoms with E-state index in [2.05, 4.69) is 0 Å². The van der Waals surface area contributed by atoms with Crippen molar-refractivity contribution in [2.24, 2.45) is 0 Å². The van der Waals surface area contributed by atoms with E-state index in [9.17, 15) is 10.1 Å². The van der Waals surface area contributed by atoms with Crippen LogP contribution in [0.2, 0.25) is 0 Å². The summed E-state index contributed by atoms with van der Waals surface area (Å²) in [5.41, 5.74) is 0.313. The largest absolute Gasteiger partial charge is 0.391 e. The summed E-state index contributed by atoms with van der Waals surface area (Å²) in [6.45, 7) is -0.294. The van der Waals surface area contributed by atoms with Crippen LogP contribution in [0.5, 0.6) is 0 Å². The van der Waals surface area contributed by atoms with E-state index in [-0.39, 0.29) is 41.9 Å². The Hall–Kier alpha value is -0.420. The van der Waals surface area contributed by atoms with Crippen LogP contribution in [0.3, 0.4) is 0 Å². The zero-order valence-corrected chi connectivity index (χ0v) is 8.73. The molecule has 1 rings (SSSR count). The van der Waals surface area contributed by atoms with Crippen molar-refractivity contribution < 1.29 is 10.0 Å². The van der Waals surface area contributed by atoms with Crippen LogP contribution in [0.25, 0.3) is 0 Å². The number of nitrogens with zero attached hydrogens (tertiary/aromatic N) is 1. The van der Waals surface area contributed by atoms with Gasteiger partial charge in [-0.25, -0.2) is 0 Å². The first-order chi connectivity index (χ1) is 5.25. The minimum absolute atomic E-state index is 0. The number of aliphatic hydroxyl groups excluding tert-OH is 1. The van der Waals surface area contributed by atoms with Gasteiger partial charge < -0.3 is 5.11 Å². The van der Waals surface area contributed by atoms with Crippen LogP contribution in [0.15, 0.2) is 24.3 Å². The Morgan fingerprint density at radius 1 is 1.42 bits per heavy atom. The van der Waals surface area contributed by atoms with Gasteiger partial charge in [-0.15, -0.1) is 0 Å². The number of hydrogen-bond acceptors (Lipinski definition) is 3. The Morgan fingerprint density at radius 3 is 2.42 bits per heavy atom. The molecule has 0 aromatic heterocycles. The smallest absolute Gasteiger partial charge is 0.274 e. The average molecular weight is 176 g/mol. The van der Waals surface area contributed by atoms with Crippen molar-refractivity contribution in [3.63, 3.8) is 0 Å². The summed E-state index contributed by atoms with van der Waals surface area (Å²) in [6, 6.07) is 6.11. The van der Waals surface area contributed by atoms with E-state index in [4.69, 9.17) is 5.11 Å². The summed E-state index contributed by atoms with van der Waals surface area (Å²) in [6.07, 6.45) is 0. The van der Waals surface area contributed by atoms with Gasteiger partial charge in [-0.1, -0.05) is 12.1 Å². The molecule has 0 aliphatic heterocycles. The van der Waals surface area contributed by atoms with Crippen molar-refractivity contribution in [2.45, 2.75) is 6.61 Å². The van der Waals surface area contributed by atoms with Crippen LogP contribution >= 0.6 is 0 Å². The molecule has 0 saturated heterocycles. The molecule has 1 aromatic rings. The van der Waals surface area contributed by atoms with Gasteiger partial charge in [0.05, 0.1) is 17.1 Å². The summed E-state index contributed by atoms with van der Waals surface area (Å²) < 4.78 is 0. The first-order valence-electron chi connectivity index (χ1n) is 3.09. The number of nitro groups is 1. The predicted octanol–water partition coefficient (Wildman–Crippen LogP) is 0.706. The summed E-state index contributed by atoms with van der Waals surface area (Å²) in [5.74, 6) is 0. The minimum atomic E-state index is -0.508. The van der Waals surface area contributed by atoms with Crippen LogP contribution in [0, 0.1) is 10.1 Å². The fourth-order valence-corrected chi connectivity index (χ4v) is 0.823. The molecule has 0 amide bonds. The Labute approximate surface area is 91.7 Å². The molecule has 4 nitrogen and oxygen atoms in total. The summed E-state index contributed by atoms with van der Waals surface area (Å²) in [4.78, 5) is 9.77. The molecule has 5 heteroatoms. The van der Waals surface area contributed by atoms with Crippen molar-refractivity contribution >= 4 is 35.2 Å². The van der Waals surface area contributed by atoms with E-state index >= 15 is 0 Å². The quantitative estimate of drug-likeness (QED) is 0.410. The SMILES string of the molecule is O=[N+]([O-])c1ccccc1CO.[Na]. The molecular formula is C7H7NNaO3. The van der Waals surface area contributed by atoms with Crippen LogP contribution in [-0.4, -0.2) is 39.6 Å². The van der Waals surface area contributed by atoms with E-state index in [1.54, 1.807) is 12.1 Å². The third-order valence-corrected chi connectivity index (χ3v) is 1.36. The van der Waals surface area contributed by atoms with E-state index < -0.39 is 4.92 Å². The molecule has 0 atom stereocenters. The van der Waals surface area contributed by atoms with E-state index in [0.717, 1.165) is 0 Å². The number of hydrogen-bond donors (Lipinski definition) is 1. The molecule has 0 bridgehead atoms. The first-order valence-corrected chi connectivity index (χ1v) is 3.09. The van der Waals surface area contributed by atoms with Crippen molar-refractivity contribution in [1.29, 1.82) is 0 Å². The molecular weight excluding hydrogens is 169 g/mol. The second-order valence-corrected chi connectivity index (χ2v) is 2.04. The number of rotatable bonds is 2. The van der Waals surface area contributed by atoms with Crippen molar-refractivity contribution in [2.75, 3.05) is 0 Å². The molecule has 0 heterocycles. The molecule has 0 unspecified atom stereocenters. The third kappa shape index (κ3) is 2.57. The van der Waals surface area contributed by atoms with Gasteiger partial charge in [0.2, 0.25) is 0 Å². The second-order valence-electron chi connectivity index (χ2n) is 2.04. The number of para-hydroxylation sites is 1. The standard InChI is InChI=1S/C7H7NO3.Na/c9-5-6-3-1-2-4-7(6)8(10)11;/h1-4,9H,5H2;. The van der Waals surface area contributed by atoms with Gasteiger partial charge in [0.25, 0.3) is 5.69 Å². The normalized spacial score (nSPS) is 8.75. The maximum absolute atomic E-state index is 10.3. The fourth-order valence-electron chi connectivity index (χ4n) is 0.823. The number of aliphatic hydroxyl groups is 1. The van der Waals surface area contributed by atoms with Crippen LogP contribution in [-0.2, 0) is 6.61 Å². The second kappa shape index (κ2) is 5.27. The van der Waals surface area contributed by atoms with Crippen molar-refractivity contribution in [3.05, 3.63) is 39.9 Å². The van der Waals surface area contributed by atoms with Crippen LogP contribution in [0.1, 0.15) is 5.56 Å². The van der Waals surface area contributed by atoms with E-state index in [0.29, 0.717) is 5.56 Å². The third-order valence-electron chi connectivity index (χ3n) is 1.36. The molecule has 0 aliphatic rings. The predicted molar refractivity (Wildman–Crippen MR) is 44.8 cm³/mol. The molecule has 0 fully saturated rings. The molecule has 59 valence electrons.